The lowest BCUT2D eigenvalue weighted by Crippen LogP contribution is -2.57. The topological polar surface area (TPSA) is 229 Å². The Morgan fingerprint density at radius 3 is 2.20 bits per heavy atom. The molecule has 3 aliphatic heterocycles. The summed E-state index contributed by atoms with van der Waals surface area (Å²) in [5.41, 5.74) is 12.5. The molecule has 0 radical (unpaired) electrons. The molecule has 0 bridgehead atoms. The Kier molecular flexibility index (Phi) is 22.6. The Balaban J connectivity index is 0.639. The van der Waals surface area contributed by atoms with Gasteiger partial charge in [-0.2, -0.15) is 0 Å². The molecule has 18 nitrogen and oxygen atoms in total. The molecule has 5 heterocycles. The highest BCUT2D eigenvalue weighted by molar-refractivity contribution is 7.13. The van der Waals surface area contributed by atoms with Gasteiger partial charge in [-0.15, -0.1) is 21.5 Å². The third kappa shape index (κ3) is 17.8. The number of benzene rings is 3. The number of piperidine rings is 1. The van der Waals surface area contributed by atoms with Gasteiger partial charge in [-0.05, 0) is 80.3 Å². The zero-order chi connectivity index (χ0) is 58.9. The van der Waals surface area contributed by atoms with Gasteiger partial charge in [0.05, 0.1) is 34.8 Å². The molecule has 3 unspecified atom stereocenters. The molecule has 3 fully saturated rings. The first-order valence-corrected chi connectivity index (χ1v) is 31.0. The van der Waals surface area contributed by atoms with E-state index in [9.17, 15) is 29.4 Å². The number of aromatic nitrogens is 3. The van der Waals surface area contributed by atoms with Crippen LogP contribution in [0.3, 0.4) is 0 Å². The number of aryl methyl sites for hydroxylation is 1. The molecule has 5 aromatic rings. The van der Waals surface area contributed by atoms with Crippen LogP contribution in [0.1, 0.15) is 141 Å². The number of hydrogen-bond donors (Lipinski definition) is 5. The second-order valence-corrected chi connectivity index (χ2v) is 24.7. The van der Waals surface area contributed by atoms with Crippen molar-refractivity contribution < 1.29 is 38.9 Å². The summed E-state index contributed by atoms with van der Waals surface area (Å²) < 4.78 is 12.6. The summed E-state index contributed by atoms with van der Waals surface area (Å²) in [6.45, 7) is 15.7. The molecule has 83 heavy (non-hydrogen) atoms. The van der Waals surface area contributed by atoms with Crippen molar-refractivity contribution in [2.75, 3.05) is 69.6 Å². The van der Waals surface area contributed by atoms with Gasteiger partial charge in [0.25, 0.3) is 0 Å². The zero-order valence-electron chi connectivity index (χ0n) is 49.4. The lowest BCUT2D eigenvalue weighted by Gasteiger charge is -2.35. The van der Waals surface area contributed by atoms with Crippen LogP contribution in [0.2, 0.25) is 0 Å². The number of piperazine rings is 1. The van der Waals surface area contributed by atoms with Crippen LogP contribution in [0.4, 0.5) is 11.5 Å². The van der Waals surface area contributed by atoms with Gasteiger partial charge in [-0.1, -0.05) is 115 Å². The van der Waals surface area contributed by atoms with Gasteiger partial charge in [-0.3, -0.25) is 24.1 Å². The van der Waals surface area contributed by atoms with Crippen molar-refractivity contribution >= 4 is 46.5 Å². The van der Waals surface area contributed by atoms with E-state index in [1.807, 2.05) is 87.5 Å². The van der Waals surface area contributed by atoms with Crippen LogP contribution in [0, 0.1) is 12.3 Å². The van der Waals surface area contributed by atoms with E-state index < -0.39 is 23.6 Å². The third-order valence-corrected chi connectivity index (χ3v) is 17.3. The number of amides is 4. The molecule has 3 saturated heterocycles. The molecule has 448 valence electrons. The van der Waals surface area contributed by atoms with Gasteiger partial charge in [-0.25, -0.2) is 4.98 Å². The summed E-state index contributed by atoms with van der Waals surface area (Å²) in [5, 5.41) is 35.4. The first-order chi connectivity index (χ1) is 40.0. The number of nitrogens with two attached hydrogens (primary N) is 1. The minimum atomic E-state index is -0.849. The largest absolute Gasteiger partial charge is 0.507 e. The number of carbonyl (C=O) groups is 4. The fourth-order valence-electron chi connectivity index (χ4n) is 11.4. The molecule has 3 aromatic carbocycles. The number of rotatable bonds is 27. The summed E-state index contributed by atoms with van der Waals surface area (Å²) >= 11 is 1.59. The van der Waals surface area contributed by atoms with Crippen LogP contribution < -0.4 is 30.7 Å². The van der Waals surface area contributed by atoms with Gasteiger partial charge < -0.3 is 50.8 Å². The molecule has 0 aliphatic carbocycles. The Bertz CT molecular complexity index is 2910. The highest BCUT2D eigenvalue weighted by Gasteiger charge is 2.45. The van der Waals surface area contributed by atoms with Crippen molar-refractivity contribution in [1.29, 1.82) is 0 Å². The second-order valence-electron chi connectivity index (χ2n) is 23.8. The number of aliphatic hydroxyl groups is 1. The smallest absolute Gasteiger partial charge is 0.246 e. The lowest BCUT2D eigenvalue weighted by molar-refractivity contribution is -0.144. The van der Waals surface area contributed by atoms with Gasteiger partial charge in [0, 0.05) is 88.5 Å². The van der Waals surface area contributed by atoms with E-state index in [2.05, 4.69) is 47.7 Å². The molecule has 3 aliphatic rings. The first-order valence-electron chi connectivity index (χ1n) is 30.2. The maximum atomic E-state index is 14.1. The number of phenols is 1. The normalized spacial score (nSPS) is 18.4. The Morgan fingerprint density at radius 2 is 1.52 bits per heavy atom. The van der Waals surface area contributed by atoms with Crippen LogP contribution in [-0.2, 0) is 19.2 Å². The van der Waals surface area contributed by atoms with Crippen LogP contribution >= 0.6 is 11.3 Å². The highest BCUT2D eigenvalue weighted by Crippen LogP contribution is 2.34. The van der Waals surface area contributed by atoms with E-state index in [1.165, 1.54) is 4.90 Å². The average molecular weight is 1160 g/mol. The SMILES string of the molecule is Cc1ncsc1-c1ccc(C(C)NC(=O)[C@@H]2C[C@@H](O)CN2C(=O)C(NC(=O)CCCCCCCCCCCCC(=O)N2CCN(CCOc3cccc(N4CCCC(Oc5cc(-c6ccccc6O)nnc5N)C4)c3)CC2)C(C)(C)C)cc1. The van der Waals surface area contributed by atoms with Crippen LogP contribution in [0.15, 0.2) is 84.4 Å². The third-order valence-electron chi connectivity index (χ3n) is 16.3. The number of thiazole rings is 1. The van der Waals surface area contributed by atoms with Gasteiger partial charge in [0.2, 0.25) is 23.6 Å². The minimum Gasteiger partial charge on any atom is -0.507 e. The van der Waals surface area contributed by atoms with E-state index in [1.54, 1.807) is 35.6 Å². The summed E-state index contributed by atoms with van der Waals surface area (Å²) in [4.78, 5) is 67.8. The fraction of sp³-hybridized carbons (Fsp3) is 0.547. The van der Waals surface area contributed by atoms with Crippen LogP contribution in [0.5, 0.6) is 17.2 Å². The predicted octanol–water partition coefficient (Wildman–Crippen LogP) is 9.49. The van der Waals surface area contributed by atoms with Gasteiger partial charge >= 0.3 is 0 Å². The van der Waals surface area contributed by atoms with Gasteiger partial charge in [0.15, 0.2) is 11.6 Å². The Labute approximate surface area is 494 Å². The monoisotopic (exact) mass is 1160 g/mol. The minimum absolute atomic E-state index is 0.0322. The maximum Gasteiger partial charge on any atom is 0.246 e. The predicted molar refractivity (Wildman–Crippen MR) is 326 cm³/mol. The van der Waals surface area contributed by atoms with E-state index >= 15 is 0 Å². The van der Waals surface area contributed by atoms with Crippen molar-refractivity contribution in [3.05, 3.63) is 95.6 Å². The fourth-order valence-corrected chi connectivity index (χ4v) is 12.2. The number of ether oxygens (including phenoxy) is 2. The van der Waals surface area contributed by atoms with E-state index in [-0.39, 0.29) is 60.3 Å². The summed E-state index contributed by atoms with van der Waals surface area (Å²) in [5.74, 6) is 0.984. The maximum absolute atomic E-state index is 14.1. The number of likely N-dealkylation sites (tertiary alicyclic amines) is 1. The number of nitrogens with zero attached hydrogens (tertiary/aromatic N) is 7. The van der Waals surface area contributed by atoms with Crippen molar-refractivity contribution in [2.24, 2.45) is 5.41 Å². The summed E-state index contributed by atoms with van der Waals surface area (Å²) in [6.07, 6.45) is 12.3. The van der Waals surface area contributed by atoms with Crippen molar-refractivity contribution in [2.45, 2.75) is 161 Å². The highest BCUT2D eigenvalue weighted by atomic mass is 32.1. The number of aromatic hydroxyl groups is 1. The average Bonchev–Trinajstić information content (AvgIpc) is 4.33. The van der Waals surface area contributed by atoms with Crippen LogP contribution in [0.25, 0.3) is 21.7 Å². The Hall–Kier alpha value is -6.83. The number of phenolic OH excluding ortho intramolecular Hbond substituents is 1. The number of anilines is 2. The zero-order valence-corrected chi connectivity index (χ0v) is 50.2. The summed E-state index contributed by atoms with van der Waals surface area (Å²) in [7, 11) is 0. The second kappa shape index (κ2) is 30.1. The van der Waals surface area contributed by atoms with Crippen molar-refractivity contribution in [1.82, 2.24) is 40.5 Å². The molecule has 6 N–H and O–H groups in total. The standard InChI is InChI=1S/C64H88N10O8S/c1-44(46-27-29-47(30-28-46)59-45(2)66-43-83-59)67-62(79)54-39-49(75)41-74(54)63(80)60(64(3,4)5)68-57(77)25-14-12-10-8-6-7-9-11-13-15-26-58(78)72-34-32-71(33-35-72)36-37-81-50-21-18-20-48(38-50)73-31-19-22-51(42-73)82-56-40-53(69-70-61(56)65)52-23-16-17-24-55(52)76/h16-18,20-21,23-24,27-30,38,40,43-44,49,51,54,60,75-76H,6-15,19,22,25-26,31-37,39,41-42H2,1-5H3,(H2,65,70)(H,67,79)(H,68,77)/t44?,49-,51?,54+,60?/m1/s1. The first kappa shape index (κ1) is 62.2. The number of para-hydroxylation sites is 1. The quantitative estimate of drug-likeness (QED) is 0.0309. The molecular formula is C64H88N10O8S. The molecule has 2 aromatic heterocycles. The van der Waals surface area contributed by atoms with Crippen molar-refractivity contribution in [3.63, 3.8) is 0 Å². The van der Waals surface area contributed by atoms with E-state index in [0.29, 0.717) is 43.0 Å². The Morgan fingerprint density at radius 1 is 0.819 bits per heavy atom. The molecule has 4 amide bonds. The number of unbranched alkanes of at least 4 members (excludes halogenated alkanes) is 9. The van der Waals surface area contributed by atoms with E-state index in [4.69, 9.17) is 15.2 Å². The van der Waals surface area contributed by atoms with Gasteiger partial charge in [0.1, 0.15) is 42.0 Å². The number of aliphatic hydroxyl groups excluding tert-OH is 1. The van der Waals surface area contributed by atoms with Crippen LogP contribution in [-0.4, -0.2) is 147 Å². The molecular weight excluding hydrogens is 1070 g/mol. The number of nitrogens with one attached hydrogen (secondary N) is 2. The molecule has 19 heteroatoms. The molecule has 8 rings (SSSR count). The lowest BCUT2D eigenvalue weighted by atomic mass is 9.85. The number of nitrogen functional groups attached to an aromatic ring is 1. The number of carbonyl (C=O) groups excluding carboxylic acids is 4. The molecule has 5 atom stereocenters. The van der Waals surface area contributed by atoms with E-state index in [0.717, 1.165) is 149 Å². The molecule has 0 saturated carbocycles. The number of hydrogen-bond acceptors (Lipinski definition) is 15. The molecule has 0 spiro atoms. The number of β-amino-alcohol motifs (C(OH)–C–C–N with tert-alkyl or cyclic N) is 1. The van der Waals surface area contributed by atoms with Crippen molar-refractivity contribution in [3.8, 4) is 38.9 Å². The summed E-state index contributed by atoms with van der Waals surface area (Å²) in [6, 6.07) is 22.9.